The van der Waals surface area contributed by atoms with Gasteiger partial charge in [0, 0.05) is 4.47 Å². The fourth-order valence-electron chi connectivity index (χ4n) is 2.15. The molecule has 0 amide bonds. The van der Waals surface area contributed by atoms with Gasteiger partial charge in [-0.15, -0.1) is 0 Å². The van der Waals surface area contributed by atoms with E-state index in [1.165, 1.54) is 12.1 Å². The summed E-state index contributed by atoms with van der Waals surface area (Å²) in [4.78, 5) is 11.5. The molecule has 0 spiro atoms. The van der Waals surface area contributed by atoms with Gasteiger partial charge < -0.3 is 5.11 Å². The first-order chi connectivity index (χ1) is 9.99. The van der Waals surface area contributed by atoms with Crippen LogP contribution in [-0.2, 0) is 17.6 Å². The predicted molar refractivity (Wildman–Crippen MR) is 84.1 cm³/mol. The second-order valence-electron chi connectivity index (χ2n) is 4.75. The van der Waals surface area contributed by atoms with Crippen molar-refractivity contribution in [3.05, 3.63) is 68.9 Å². The van der Waals surface area contributed by atoms with Crippen LogP contribution in [0.1, 0.15) is 11.1 Å². The molecule has 0 aromatic heterocycles. The van der Waals surface area contributed by atoms with Gasteiger partial charge in [0.15, 0.2) is 0 Å². The van der Waals surface area contributed by atoms with E-state index in [2.05, 4.69) is 15.9 Å². The van der Waals surface area contributed by atoms with Gasteiger partial charge in [-0.1, -0.05) is 57.9 Å². The Kier molecular flexibility index (Phi) is 5.37. The Hall–Kier alpha value is -1.39. The van der Waals surface area contributed by atoms with Gasteiger partial charge in [0.1, 0.15) is 5.82 Å². The molecule has 1 atom stereocenters. The van der Waals surface area contributed by atoms with Gasteiger partial charge in [0.05, 0.1) is 10.9 Å². The quantitative estimate of drug-likeness (QED) is 0.825. The van der Waals surface area contributed by atoms with Crippen LogP contribution in [0.25, 0.3) is 0 Å². The van der Waals surface area contributed by atoms with Crippen molar-refractivity contribution in [3.8, 4) is 0 Å². The molecule has 0 aliphatic rings. The van der Waals surface area contributed by atoms with E-state index in [0.717, 1.165) is 10.0 Å². The van der Waals surface area contributed by atoms with E-state index in [9.17, 15) is 14.3 Å². The summed E-state index contributed by atoms with van der Waals surface area (Å²) >= 11 is 9.31. The standard InChI is InChI=1S/C16H13BrClFO2/c17-13-6-2-1-4-10(13)8-12(16(20)21)9-11-5-3-7-14(19)15(11)18/h1-7,12H,8-9H2,(H,20,21). The second kappa shape index (κ2) is 7.05. The average Bonchev–Trinajstić information content (AvgIpc) is 2.45. The van der Waals surface area contributed by atoms with Crippen LogP contribution in [-0.4, -0.2) is 11.1 Å². The molecule has 0 heterocycles. The summed E-state index contributed by atoms with van der Waals surface area (Å²) in [5, 5.41) is 9.39. The number of halogens is 3. The van der Waals surface area contributed by atoms with Gasteiger partial charge in [-0.25, -0.2) is 4.39 Å². The molecular weight excluding hydrogens is 359 g/mol. The highest BCUT2D eigenvalue weighted by Gasteiger charge is 2.21. The second-order valence-corrected chi connectivity index (χ2v) is 5.98. The van der Waals surface area contributed by atoms with Crippen molar-refractivity contribution in [2.75, 3.05) is 0 Å². The molecule has 21 heavy (non-hydrogen) atoms. The molecule has 0 fully saturated rings. The van der Waals surface area contributed by atoms with Crippen LogP contribution in [0.4, 0.5) is 4.39 Å². The SMILES string of the molecule is O=C(O)C(Cc1ccccc1Br)Cc1cccc(F)c1Cl. The third-order valence-electron chi connectivity index (χ3n) is 3.27. The minimum Gasteiger partial charge on any atom is -0.481 e. The van der Waals surface area contributed by atoms with Gasteiger partial charge in [0.2, 0.25) is 0 Å². The minimum absolute atomic E-state index is 0.00382. The third-order valence-corrected chi connectivity index (χ3v) is 4.47. The summed E-state index contributed by atoms with van der Waals surface area (Å²) in [6, 6.07) is 11.9. The van der Waals surface area contributed by atoms with Crippen molar-refractivity contribution in [1.82, 2.24) is 0 Å². The molecule has 2 aromatic carbocycles. The monoisotopic (exact) mass is 370 g/mol. The first kappa shape index (κ1) is 16.0. The van der Waals surface area contributed by atoms with Crippen molar-refractivity contribution < 1.29 is 14.3 Å². The summed E-state index contributed by atoms with van der Waals surface area (Å²) in [6.45, 7) is 0. The molecule has 2 rings (SSSR count). The number of hydrogen-bond donors (Lipinski definition) is 1. The van der Waals surface area contributed by atoms with Gasteiger partial charge in [-0.2, -0.15) is 0 Å². The first-order valence-electron chi connectivity index (χ1n) is 6.38. The number of carboxylic acids is 1. The lowest BCUT2D eigenvalue weighted by Gasteiger charge is -2.14. The number of hydrogen-bond acceptors (Lipinski definition) is 1. The number of aliphatic carboxylic acids is 1. The maximum atomic E-state index is 13.4. The molecule has 2 nitrogen and oxygen atoms in total. The molecule has 0 saturated heterocycles. The van der Waals surface area contributed by atoms with E-state index in [1.54, 1.807) is 6.07 Å². The summed E-state index contributed by atoms with van der Waals surface area (Å²) in [5.74, 6) is -2.12. The number of carboxylic acid groups (broad SMARTS) is 1. The molecule has 1 N–H and O–H groups in total. The van der Waals surface area contributed by atoms with E-state index in [0.29, 0.717) is 12.0 Å². The summed E-state index contributed by atoms with van der Waals surface area (Å²) in [7, 11) is 0. The van der Waals surface area contributed by atoms with Gasteiger partial charge in [0.25, 0.3) is 0 Å². The zero-order valence-corrected chi connectivity index (χ0v) is 13.4. The van der Waals surface area contributed by atoms with Gasteiger partial charge in [-0.05, 0) is 36.1 Å². The van der Waals surface area contributed by atoms with Crippen LogP contribution >= 0.6 is 27.5 Å². The highest BCUT2D eigenvalue weighted by atomic mass is 79.9. The Bertz CT molecular complexity index is 660. The summed E-state index contributed by atoms with van der Waals surface area (Å²) < 4.78 is 14.3. The van der Waals surface area contributed by atoms with E-state index in [4.69, 9.17) is 11.6 Å². The maximum Gasteiger partial charge on any atom is 0.307 e. The van der Waals surface area contributed by atoms with Crippen LogP contribution in [0.3, 0.4) is 0 Å². The molecule has 0 radical (unpaired) electrons. The Labute approximate surface area is 135 Å². The number of benzene rings is 2. The van der Waals surface area contributed by atoms with Gasteiger partial charge in [-0.3, -0.25) is 4.79 Å². The predicted octanol–water partition coefficient (Wildman–Crippen LogP) is 4.73. The molecule has 110 valence electrons. The summed E-state index contributed by atoms with van der Waals surface area (Å²) in [5.41, 5.74) is 1.41. The molecule has 0 bridgehead atoms. The topological polar surface area (TPSA) is 37.3 Å². The Morgan fingerprint density at radius 2 is 1.76 bits per heavy atom. The number of carbonyl (C=O) groups is 1. The van der Waals surface area contributed by atoms with E-state index >= 15 is 0 Å². The molecule has 0 aliphatic heterocycles. The van der Waals surface area contributed by atoms with Crippen molar-refractivity contribution >= 4 is 33.5 Å². The van der Waals surface area contributed by atoms with Crippen LogP contribution in [0.15, 0.2) is 46.9 Å². The Balaban J connectivity index is 2.22. The largest absolute Gasteiger partial charge is 0.481 e. The lowest BCUT2D eigenvalue weighted by Crippen LogP contribution is -2.19. The maximum absolute atomic E-state index is 13.4. The lowest BCUT2D eigenvalue weighted by atomic mass is 9.92. The molecule has 2 aromatic rings. The van der Waals surface area contributed by atoms with E-state index in [1.807, 2.05) is 24.3 Å². The van der Waals surface area contributed by atoms with Crippen molar-refractivity contribution in [1.29, 1.82) is 0 Å². The van der Waals surface area contributed by atoms with Crippen LogP contribution in [0.5, 0.6) is 0 Å². The normalized spacial score (nSPS) is 12.1. The molecule has 1 unspecified atom stereocenters. The lowest BCUT2D eigenvalue weighted by molar-refractivity contribution is -0.141. The van der Waals surface area contributed by atoms with Crippen molar-refractivity contribution in [3.63, 3.8) is 0 Å². The summed E-state index contributed by atoms with van der Waals surface area (Å²) in [6.07, 6.45) is 0.539. The zero-order valence-electron chi connectivity index (χ0n) is 11.0. The third kappa shape index (κ3) is 4.05. The van der Waals surface area contributed by atoms with Crippen molar-refractivity contribution in [2.45, 2.75) is 12.8 Å². The van der Waals surface area contributed by atoms with Gasteiger partial charge >= 0.3 is 5.97 Å². The van der Waals surface area contributed by atoms with Crippen molar-refractivity contribution in [2.24, 2.45) is 5.92 Å². The highest BCUT2D eigenvalue weighted by Crippen LogP contribution is 2.26. The van der Waals surface area contributed by atoms with Crippen LogP contribution in [0.2, 0.25) is 5.02 Å². The average molecular weight is 372 g/mol. The highest BCUT2D eigenvalue weighted by molar-refractivity contribution is 9.10. The Morgan fingerprint density at radius 3 is 2.43 bits per heavy atom. The van der Waals surface area contributed by atoms with Crippen LogP contribution < -0.4 is 0 Å². The molecular formula is C16H13BrClFO2. The fourth-order valence-corrected chi connectivity index (χ4v) is 2.80. The Morgan fingerprint density at radius 1 is 1.14 bits per heavy atom. The van der Waals surface area contributed by atoms with E-state index in [-0.39, 0.29) is 11.4 Å². The van der Waals surface area contributed by atoms with Crippen LogP contribution in [0, 0.1) is 11.7 Å². The number of rotatable bonds is 5. The molecule has 5 heteroatoms. The molecule has 0 aliphatic carbocycles. The van der Waals surface area contributed by atoms with E-state index < -0.39 is 17.7 Å². The molecule has 0 saturated carbocycles. The smallest absolute Gasteiger partial charge is 0.307 e. The zero-order chi connectivity index (χ0) is 15.4. The fraction of sp³-hybridized carbons (Fsp3) is 0.188. The minimum atomic E-state index is -0.925. The first-order valence-corrected chi connectivity index (χ1v) is 7.55.